The number of ether oxygens (including phenoxy) is 1. The molecule has 152 valence electrons. The summed E-state index contributed by atoms with van der Waals surface area (Å²) in [6.07, 6.45) is 0. The number of hydrogen-bond acceptors (Lipinski definition) is 6. The van der Waals surface area contributed by atoms with Gasteiger partial charge in [0.1, 0.15) is 5.76 Å². The Kier molecular flexibility index (Phi) is 6.22. The monoisotopic (exact) mass is 406 g/mol. The van der Waals surface area contributed by atoms with Crippen LogP contribution in [0.15, 0.2) is 45.7 Å². The number of nitrogens with zero attached hydrogens (tertiary/aromatic N) is 2. The maximum Gasteiger partial charge on any atom is 0.373 e. The highest BCUT2D eigenvalue weighted by atomic mass is 32.2. The lowest BCUT2D eigenvalue weighted by Crippen LogP contribution is -2.48. The lowest BCUT2D eigenvalue weighted by atomic mass is 10.0. The first-order valence-corrected chi connectivity index (χ1v) is 10.7. The van der Waals surface area contributed by atoms with E-state index in [1.54, 1.807) is 24.3 Å². The average molecular weight is 407 g/mol. The number of hydrogen-bond donors (Lipinski definition) is 0. The molecule has 0 spiro atoms. The van der Waals surface area contributed by atoms with E-state index in [0.717, 1.165) is 5.56 Å². The molecule has 1 aliphatic rings. The van der Waals surface area contributed by atoms with Crippen LogP contribution in [0.2, 0.25) is 0 Å². The van der Waals surface area contributed by atoms with Gasteiger partial charge in [0.15, 0.2) is 0 Å². The van der Waals surface area contributed by atoms with Crippen LogP contribution in [0, 0.1) is 0 Å². The quantitative estimate of drug-likeness (QED) is 0.686. The van der Waals surface area contributed by atoms with E-state index in [4.69, 9.17) is 4.42 Å². The Morgan fingerprint density at radius 3 is 2.29 bits per heavy atom. The normalized spacial score (nSPS) is 16.4. The summed E-state index contributed by atoms with van der Waals surface area (Å²) in [5.41, 5.74) is 1.12. The van der Waals surface area contributed by atoms with Crippen molar-refractivity contribution in [3.8, 4) is 0 Å². The molecule has 0 amide bonds. The van der Waals surface area contributed by atoms with Crippen LogP contribution in [0.3, 0.4) is 0 Å². The van der Waals surface area contributed by atoms with Gasteiger partial charge < -0.3 is 9.15 Å². The Morgan fingerprint density at radius 2 is 1.71 bits per heavy atom. The van der Waals surface area contributed by atoms with Gasteiger partial charge in [-0.05, 0) is 35.7 Å². The predicted molar refractivity (Wildman–Crippen MR) is 105 cm³/mol. The Morgan fingerprint density at radius 1 is 1.07 bits per heavy atom. The van der Waals surface area contributed by atoms with Crippen molar-refractivity contribution in [2.75, 3.05) is 33.3 Å². The van der Waals surface area contributed by atoms with Gasteiger partial charge in [0.25, 0.3) is 0 Å². The molecule has 28 heavy (non-hydrogen) atoms. The van der Waals surface area contributed by atoms with Gasteiger partial charge in [-0.15, -0.1) is 0 Å². The number of carbonyl (C=O) groups excluding carboxylic acids is 1. The third-order valence-corrected chi connectivity index (χ3v) is 6.86. The Balaban J connectivity index is 1.59. The maximum atomic E-state index is 12.9. The van der Waals surface area contributed by atoms with Crippen LogP contribution in [0.5, 0.6) is 0 Å². The lowest BCUT2D eigenvalue weighted by molar-refractivity contribution is 0.0560. The van der Waals surface area contributed by atoms with E-state index in [1.165, 1.54) is 11.4 Å². The zero-order valence-electron chi connectivity index (χ0n) is 16.4. The van der Waals surface area contributed by atoms with Crippen molar-refractivity contribution < 1.29 is 22.4 Å². The van der Waals surface area contributed by atoms with Crippen LogP contribution in [0.4, 0.5) is 0 Å². The largest absolute Gasteiger partial charge is 0.463 e. The number of sulfonamides is 1. The summed E-state index contributed by atoms with van der Waals surface area (Å²) in [7, 11) is -2.18. The lowest BCUT2D eigenvalue weighted by Gasteiger charge is -2.33. The number of methoxy groups -OCH3 is 1. The molecule has 0 radical (unpaired) electrons. The number of furan rings is 1. The van der Waals surface area contributed by atoms with Crippen LogP contribution in [0.25, 0.3) is 0 Å². The summed E-state index contributed by atoms with van der Waals surface area (Å²) in [6, 6.07) is 10.5. The number of esters is 1. The molecule has 0 unspecified atom stereocenters. The molecule has 3 rings (SSSR count). The summed E-state index contributed by atoms with van der Waals surface area (Å²) in [5.74, 6) is 0.678. The molecule has 0 bridgehead atoms. The van der Waals surface area contributed by atoms with Crippen LogP contribution in [-0.4, -0.2) is 56.9 Å². The van der Waals surface area contributed by atoms with E-state index < -0.39 is 16.0 Å². The van der Waals surface area contributed by atoms with E-state index in [-0.39, 0.29) is 5.76 Å². The fourth-order valence-electron chi connectivity index (χ4n) is 3.20. The van der Waals surface area contributed by atoms with Crippen LogP contribution in [-0.2, 0) is 21.3 Å². The Bertz CT molecular complexity index is 910. The first-order valence-electron chi connectivity index (χ1n) is 9.30. The molecule has 0 atom stereocenters. The number of rotatable bonds is 6. The van der Waals surface area contributed by atoms with Crippen molar-refractivity contribution in [1.29, 1.82) is 0 Å². The van der Waals surface area contributed by atoms with Gasteiger partial charge in [-0.2, -0.15) is 4.31 Å². The smallest absolute Gasteiger partial charge is 0.373 e. The number of benzene rings is 1. The average Bonchev–Trinajstić information content (AvgIpc) is 3.16. The summed E-state index contributed by atoms with van der Waals surface area (Å²) in [6.45, 7) is 6.70. The van der Waals surface area contributed by atoms with E-state index in [9.17, 15) is 13.2 Å². The van der Waals surface area contributed by atoms with E-state index in [2.05, 4.69) is 23.5 Å². The molecule has 0 N–H and O–H groups in total. The molecule has 1 aromatic carbocycles. The van der Waals surface area contributed by atoms with Gasteiger partial charge in [-0.3, -0.25) is 4.90 Å². The van der Waals surface area contributed by atoms with Gasteiger partial charge >= 0.3 is 5.97 Å². The molecule has 8 heteroatoms. The minimum atomic E-state index is -3.49. The highest BCUT2D eigenvalue weighted by molar-refractivity contribution is 7.89. The number of carbonyl (C=O) groups is 1. The highest BCUT2D eigenvalue weighted by Gasteiger charge is 2.29. The molecule has 2 heterocycles. The van der Waals surface area contributed by atoms with Crippen molar-refractivity contribution in [1.82, 2.24) is 9.21 Å². The van der Waals surface area contributed by atoms with E-state index >= 15 is 0 Å². The van der Waals surface area contributed by atoms with Crippen molar-refractivity contribution in [3.63, 3.8) is 0 Å². The molecular formula is C20H26N2O5S. The highest BCUT2D eigenvalue weighted by Crippen LogP contribution is 2.22. The van der Waals surface area contributed by atoms with Crippen molar-refractivity contribution in [2.24, 2.45) is 0 Å². The summed E-state index contributed by atoms with van der Waals surface area (Å²) >= 11 is 0. The summed E-state index contributed by atoms with van der Waals surface area (Å²) in [4.78, 5) is 13.9. The number of piperazine rings is 1. The molecular weight excluding hydrogens is 380 g/mol. The van der Waals surface area contributed by atoms with Crippen LogP contribution < -0.4 is 0 Å². The third kappa shape index (κ3) is 4.45. The van der Waals surface area contributed by atoms with Crippen molar-refractivity contribution in [3.05, 3.63) is 53.5 Å². The first kappa shape index (κ1) is 20.6. The van der Waals surface area contributed by atoms with Crippen LogP contribution in [0.1, 0.15) is 41.6 Å². The molecule has 1 aliphatic heterocycles. The van der Waals surface area contributed by atoms with Crippen molar-refractivity contribution in [2.45, 2.75) is 31.2 Å². The fourth-order valence-corrected chi connectivity index (χ4v) is 4.62. The molecule has 0 saturated carbocycles. The molecule has 0 aliphatic carbocycles. The SMILES string of the molecule is COC(=O)c1ccc(CN2CCN(S(=O)(=O)c3ccc(C(C)C)cc3)CC2)o1. The maximum absolute atomic E-state index is 12.9. The third-order valence-electron chi connectivity index (χ3n) is 4.94. The Hall–Kier alpha value is -2.16. The zero-order chi connectivity index (χ0) is 20.3. The van der Waals surface area contributed by atoms with Gasteiger partial charge in [-0.1, -0.05) is 26.0 Å². The topological polar surface area (TPSA) is 80.1 Å². The second-order valence-electron chi connectivity index (χ2n) is 7.16. The molecule has 1 saturated heterocycles. The Labute approximate surface area is 165 Å². The standard InChI is InChI=1S/C20H26N2O5S/c1-15(2)16-4-7-18(8-5-16)28(24,25)22-12-10-21(11-13-22)14-17-6-9-19(27-17)20(23)26-3/h4-9,15H,10-14H2,1-3H3. The zero-order valence-corrected chi connectivity index (χ0v) is 17.2. The van der Waals surface area contributed by atoms with Gasteiger partial charge in [-0.25, -0.2) is 13.2 Å². The second kappa shape index (κ2) is 8.46. The second-order valence-corrected chi connectivity index (χ2v) is 9.10. The molecule has 2 aromatic rings. The minimum Gasteiger partial charge on any atom is -0.463 e. The first-order chi connectivity index (χ1) is 13.3. The van der Waals surface area contributed by atoms with Gasteiger partial charge in [0.05, 0.1) is 18.6 Å². The molecule has 1 fully saturated rings. The van der Waals surface area contributed by atoms with E-state index in [1.807, 2.05) is 12.1 Å². The predicted octanol–water partition coefficient (Wildman–Crippen LogP) is 2.70. The molecule has 7 nitrogen and oxygen atoms in total. The minimum absolute atomic E-state index is 0.170. The van der Waals surface area contributed by atoms with Crippen LogP contribution >= 0.6 is 0 Å². The van der Waals surface area contributed by atoms with Gasteiger partial charge in [0.2, 0.25) is 15.8 Å². The van der Waals surface area contributed by atoms with Crippen molar-refractivity contribution >= 4 is 16.0 Å². The summed E-state index contributed by atoms with van der Waals surface area (Å²) in [5, 5.41) is 0. The molecule has 1 aromatic heterocycles. The fraction of sp³-hybridized carbons (Fsp3) is 0.450. The van der Waals surface area contributed by atoms with Gasteiger partial charge in [0, 0.05) is 26.2 Å². The van der Waals surface area contributed by atoms with E-state index in [0.29, 0.717) is 49.3 Å². The summed E-state index contributed by atoms with van der Waals surface area (Å²) < 4.78 is 37.4.